The number of hydrogen-bond donors (Lipinski definition) is 3. The molecule has 12 heteroatoms. The van der Waals surface area contributed by atoms with Crippen molar-refractivity contribution < 1.29 is 53.3 Å². The lowest BCUT2D eigenvalue weighted by atomic mass is 9.42. The lowest BCUT2D eigenvalue weighted by molar-refractivity contribution is -0.322. The van der Waals surface area contributed by atoms with E-state index in [0.717, 1.165) is 0 Å². The largest absolute Gasteiger partial charge is 0.455 e. The molecule has 5 saturated carbocycles. The zero-order valence-electron chi connectivity index (χ0n) is 27.3. The van der Waals surface area contributed by atoms with Gasteiger partial charge in [-0.3, -0.25) is 9.69 Å². The highest BCUT2D eigenvalue weighted by atomic mass is 16.6. The summed E-state index contributed by atoms with van der Waals surface area (Å²) in [5.41, 5.74) is -4.79. The molecule has 1 unspecified atom stereocenters. The lowest BCUT2D eigenvalue weighted by Crippen LogP contribution is -2.81. The monoisotopic (exact) mass is 645 g/mol. The number of hydrogen-bond acceptors (Lipinski definition) is 12. The second-order valence-electron chi connectivity index (χ2n) is 14.4. The molecule has 7 bridgehead atoms. The van der Waals surface area contributed by atoms with Crippen molar-refractivity contribution in [2.45, 2.75) is 80.6 Å². The Morgan fingerprint density at radius 3 is 2.30 bits per heavy atom. The van der Waals surface area contributed by atoms with E-state index in [0.29, 0.717) is 25.1 Å². The first-order valence-electron chi connectivity index (χ1n) is 16.3. The maximum absolute atomic E-state index is 13.8. The first-order valence-corrected chi connectivity index (χ1v) is 16.3. The van der Waals surface area contributed by atoms with Gasteiger partial charge in [-0.2, -0.15) is 0 Å². The molecular formula is C34H47NO11. The minimum Gasteiger partial charge on any atom is -0.455 e. The molecule has 3 N–H and O–H groups in total. The Morgan fingerprint density at radius 1 is 1.00 bits per heavy atom. The number of benzene rings is 1. The lowest BCUT2D eigenvalue weighted by Gasteiger charge is -2.70. The van der Waals surface area contributed by atoms with Crippen molar-refractivity contribution >= 4 is 11.9 Å². The zero-order chi connectivity index (χ0) is 33.0. The number of likely N-dealkylation sites (tertiary alicyclic amines) is 1. The molecule has 7 rings (SSSR count). The minimum absolute atomic E-state index is 0.0791. The molecule has 0 radical (unpaired) electrons. The van der Waals surface area contributed by atoms with Gasteiger partial charge in [0.2, 0.25) is 0 Å². The first-order chi connectivity index (χ1) is 22.0. The number of aliphatic hydroxyl groups excluding tert-OH is 2. The fourth-order valence-electron chi connectivity index (χ4n) is 12.3. The Hall–Kier alpha value is -2.16. The predicted octanol–water partition coefficient (Wildman–Crippen LogP) is 0.648. The number of rotatable bonds is 9. The van der Waals surface area contributed by atoms with Crippen LogP contribution in [0.3, 0.4) is 0 Å². The number of nitrogens with zero attached hydrogens (tertiary/aromatic N) is 1. The third-order valence-corrected chi connectivity index (χ3v) is 13.2. The summed E-state index contributed by atoms with van der Waals surface area (Å²) >= 11 is 0. The normalized spacial score (nSPS) is 49.9. The summed E-state index contributed by atoms with van der Waals surface area (Å²) in [5.74, 6) is -3.65. The molecule has 5 aliphatic carbocycles. The van der Waals surface area contributed by atoms with E-state index < -0.39 is 88.3 Å². The molecule has 12 nitrogen and oxygen atoms in total. The van der Waals surface area contributed by atoms with Crippen molar-refractivity contribution in [2.75, 3.05) is 48.1 Å². The summed E-state index contributed by atoms with van der Waals surface area (Å²) in [5, 5.41) is 37.3. The molecule has 254 valence electrons. The van der Waals surface area contributed by atoms with Crippen LogP contribution >= 0.6 is 0 Å². The minimum atomic E-state index is -1.83. The van der Waals surface area contributed by atoms with Gasteiger partial charge >= 0.3 is 11.9 Å². The molecule has 0 amide bonds. The number of carbonyl (C=O) groups is 2. The van der Waals surface area contributed by atoms with Gasteiger partial charge in [0.1, 0.15) is 23.9 Å². The summed E-state index contributed by atoms with van der Waals surface area (Å²) < 4.78 is 37.4. The predicted molar refractivity (Wildman–Crippen MR) is 160 cm³/mol. The second-order valence-corrected chi connectivity index (χ2v) is 14.4. The summed E-state index contributed by atoms with van der Waals surface area (Å²) in [6.07, 6.45) is -5.49. The molecule has 1 saturated heterocycles. The van der Waals surface area contributed by atoms with Crippen LogP contribution in [-0.4, -0.2) is 134 Å². The van der Waals surface area contributed by atoms with E-state index in [-0.39, 0.29) is 25.0 Å². The van der Waals surface area contributed by atoms with Crippen LogP contribution in [-0.2, 0) is 33.2 Å². The number of esters is 2. The number of piperidine rings is 1. The van der Waals surface area contributed by atoms with Crippen LogP contribution in [0.1, 0.15) is 37.0 Å². The molecule has 6 aliphatic rings. The molecule has 1 aliphatic heterocycles. The maximum atomic E-state index is 13.8. The summed E-state index contributed by atoms with van der Waals surface area (Å²) in [4.78, 5) is 29.3. The maximum Gasteiger partial charge on any atom is 0.338 e. The van der Waals surface area contributed by atoms with Gasteiger partial charge in [0, 0.05) is 83.0 Å². The van der Waals surface area contributed by atoms with E-state index in [1.807, 2.05) is 6.92 Å². The van der Waals surface area contributed by atoms with Gasteiger partial charge in [-0.05, 0) is 31.0 Å². The number of aliphatic hydroxyl groups is 3. The highest BCUT2D eigenvalue weighted by Gasteiger charge is 2.92. The van der Waals surface area contributed by atoms with Crippen LogP contribution in [0.15, 0.2) is 30.3 Å². The van der Waals surface area contributed by atoms with Crippen molar-refractivity contribution in [1.29, 1.82) is 0 Å². The Kier molecular flexibility index (Phi) is 7.69. The van der Waals surface area contributed by atoms with Crippen molar-refractivity contribution in [3.05, 3.63) is 35.9 Å². The van der Waals surface area contributed by atoms with Crippen LogP contribution in [0.4, 0.5) is 0 Å². The van der Waals surface area contributed by atoms with Crippen molar-refractivity contribution in [2.24, 2.45) is 34.5 Å². The molecule has 6 fully saturated rings. The van der Waals surface area contributed by atoms with Gasteiger partial charge in [-0.25, -0.2) is 4.79 Å². The van der Waals surface area contributed by atoms with Gasteiger partial charge in [0.05, 0.1) is 30.5 Å². The summed E-state index contributed by atoms with van der Waals surface area (Å²) in [7, 11) is 6.27. The number of ether oxygens (including phenoxy) is 6. The standard InChI is InChI=1S/C34H47NO11/c1-7-35-15-31(16-41-3)20(37)13-21(42-4)33-19-14-32(40)28(45-30(39)18-11-9-8-10-12-18)22(19)34(46-17(2)36,27(38)29(32)44-6)23(26(33)35)24(43-5)25(31)33/h8-12,19-29,37-38,40H,7,13-16H2,1-6H3/t19-,20?,21+,22-,23+,24+,25-,26-,27+,28-,29+,31+,32+,33+,34-/m1/s1. The van der Waals surface area contributed by atoms with Crippen LogP contribution in [0.2, 0.25) is 0 Å². The number of fused-ring (bicyclic) bond motifs is 2. The Labute approximate surface area is 269 Å². The van der Waals surface area contributed by atoms with Crippen LogP contribution < -0.4 is 0 Å². The Bertz CT molecular complexity index is 1360. The Morgan fingerprint density at radius 2 is 1.72 bits per heavy atom. The van der Waals surface area contributed by atoms with E-state index in [1.165, 1.54) is 14.0 Å². The van der Waals surface area contributed by atoms with Gasteiger partial charge in [0.15, 0.2) is 5.60 Å². The molecule has 0 aromatic heterocycles. The number of carbonyl (C=O) groups excluding carboxylic acids is 2. The average molecular weight is 646 g/mol. The van der Waals surface area contributed by atoms with Crippen LogP contribution in [0.5, 0.6) is 0 Å². The van der Waals surface area contributed by atoms with Crippen molar-refractivity contribution in [3.8, 4) is 0 Å². The van der Waals surface area contributed by atoms with E-state index in [4.69, 9.17) is 28.4 Å². The molecule has 1 aromatic rings. The van der Waals surface area contributed by atoms with Crippen LogP contribution in [0.25, 0.3) is 0 Å². The fraction of sp³-hybridized carbons (Fsp3) is 0.765. The molecule has 1 aromatic carbocycles. The topological polar surface area (TPSA) is 153 Å². The van der Waals surface area contributed by atoms with E-state index in [1.54, 1.807) is 51.7 Å². The van der Waals surface area contributed by atoms with E-state index >= 15 is 0 Å². The van der Waals surface area contributed by atoms with Gasteiger partial charge in [-0.1, -0.05) is 25.1 Å². The molecular weight excluding hydrogens is 598 g/mol. The quantitative estimate of drug-likeness (QED) is 0.323. The van der Waals surface area contributed by atoms with E-state index in [2.05, 4.69) is 4.90 Å². The molecule has 15 atom stereocenters. The average Bonchev–Trinajstić information content (AvgIpc) is 3.41. The van der Waals surface area contributed by atoms with Crippen LogP contribution in [0, 0.1) is 34.5 Å². The zero-order valence-corrected chi connectivity index (χ0v) is 27.3. The van der Waals surface area contributed by atoms with Crippen molar-refractivity contribution in [1.82, 2.24) is 4.90 Å². The van der Waals surface area contributed by atoms with Gasteiger partial charge in [-0.15, -0.1) is 0 Å². The summed E-state index contributed by atoms with van der Waals surface area (Å²) in [6, 6.07) is 8.18. The molecule has 1 spiro atoms. The molecule has 46 heavy (non-hydrogen) atoms. The highest BCUT2D eigenvalue weighted by Crippen LogP contribution is 2.80. The summed E-state index contributed by atoms with van der Waals surface area (Å²) in [6.45, 7) is 4.68. The fourth-order valence-corrected chi connectivity index (χ4v) is 12.3. The van der Waals surface area contributed by atoms with Gasteiger partial charge < -0.3 is 43.7 Å². The SMILES string of the molecule is CCN1C[C@]2(COC)C(O)C[C@H](OC)[C@@]34[C@@H]5C[C@]6(O)[C@H](OC(=O)c7ccccc7)[C@@H]5[C@@](OC(C)=O)([C@@H]([C@H](OC)[C@H]23)[C@@H]14)[C@@H](O)[C@@H]6OC. The molecule has 1 heterocycles. The number of methoxy groups -OCH3 is 4. The second kappa shape index (κ2) is 10.9. The highest BCUT2D eigenvalue weighted by molar-refractivity contribution is 5.89. The van der Waals surface area contributed by atoms with Crippen molar-refractivity contribution in [3.63, 3.8) is 0 Å². The van der Waals surface area contributed by atoms with Gasteiger partial charge in [0.25, 0.3) is 0 Å². The van der Waals surface area contributed by atoms with E-state index in [9.17, 15) is 24.9 Å². The third-order valence-electron chi connectivity index (χ3n) is 13.2. The smallest absolute Gasteiger partial charge is 0.338 e. The third kappa shape index (κ3) is 3.62. The first kappa shape index (κ1) is 32.4. The Balaban J connectivity index is 1.53.